The Morgan fingerprint density at radius 1 is 1.15 bits per heavy atom. The van der Waals surface area contributed by atoms with Crippen LogP contribution in [0.3, 0.4) is 0 Å². The van der Waals surface area contributed by atoms with Crippen LogP contribution in [-0.2, 0) is 6.54 Å². The SMILES string of the molecule is C[C@H](NCc1cccc2[nH]ccc12)C1CCCCCC1. The average Bonchev–Trinajstić information content (AvgIpc) is 2.79. The lowest BCUT2D eigenvalue weighted by Gasteiger charge is -2.24. The minimum Gasteiger partial charge on any atom is -0.361 e. The van der Waals surface area contributed by atoms with Gasteiger partial charge in [0.2, 0.25) is 0 Å². The van der Waals surface area contributed by atoms with E-state index < -0.39 is 0 Å². The van der Waals surface area contributed by atoms with Gasteiger partial charge in [-0.25, -0.2) is 0 Å². The number of fused-ring (bicyclic) bond motifs is 1. The number of rotatable bonds is 4. The summed E-state index contributed by atoms with van der Waals surface area (Å²) in [6.07, 6.45) is 10.6. The van der Waals surface area contributed by atoms with Gasteiger partial charge in [0.1, 0.15) is 0 Å². The third kappa shape index (κ3) is 3.06. The van der Waals surface area contributed by atoms with Crippen LogP contribution in [0.1, 0.15) is 51.0 Å². The smallest absolute Gasteiger partial charge is 0.0457 e. The summed E-state index contributed by atoms with van der Waals surface area (Å²) >= 11 is 0. The number of hydrogen-bond acceptors (Lipinski definition) is 1. The molecule has 0 amide bonds. The fourth-order valence-corrected chi connectivity index (χ4v) is 3.55. The molecule has 1 saturated carbocycles. The van der Waals surface area contributed by atoms with Crippen LogP contribution >= 0.6 is 0 Å². The Hall–Kier alpha value is -1.28. The molecule has 2 N–H and O–H groups in total. The summed E-state index contributed by atoms with van der Waals surface area (Å²) in [5.41, 5.74) is 2.65. The molecule has 108 valence electrons. The lowest BCUT2D eigenvalue weighted by atomic mass is 9.93. The van der Waals surface area contributed by atoms with Crippen molar-refractivity contribution in [3.63, 3.8) is 0 Å². The Morgan fingerprint density at radius 2 is 1.95 bits per heavy atom. The third-order valence-electron chi connectivity index (χ3n) is 4.91. The molecule has 0 saturated heterocycles. The van der Waals surface area contributed by atoms with E-state index in [0.29, 0.717) is 6.04 Å². The van der Waals surface area contributed by atoms with E-state index in [2.05, 4.69) is 41.5 Å². The summed E-state index contributed by atoms with van der Waals surface area (Å²) in [6, 6.07) is 9.34. The van der Waals surface area contributed by atoms with Gasteiger partial charge in [-0.15, -0.1) is 0 Å². The number of H-pyrrole nitrogens is 1. The van der Waals surface area contributed by atoms with Crippen LogP contribution in [0, 0.1) is 5.92 Å². The number of aromatic amines is 1. The molecule has 20 heavy (non-hydrogen) atoms. The Bertz CT molecular complexity index is 535. The molecule has 0 bridgehead atoms. The molecule has 1 aliphatic rings. The summed E-state index contributed by atoms with van der Waals surface area (Å²) in [4.78, 5) is 3.29. The molecule has 2 aromatic rings. The van der Waals surface area contributed by atoms with Gasteiger partial charge < -0.3 is 10.3 Å². The molecule has 0 radical (unpaired) electrons. The van der Waals surface area contributed by atoms with Gasteiger partial charge in [-0.05, 0) is 43.4 Å². The Labute approximate surface area is 122 Å². The topological polar surface area (TPSA) is 27.8 Å². The summed E-state index contributed by atoms with van der Waals surface area (Å²) in [5.74, 6) is 0.864. The molecule has 1 aromatic heterocycles. The predicted octanol–water partition coefficient (Wildman–Crippen LogP) is 4.62. The molecule has 3 rings (SSSR count). The van der Waals surface area contributed by atoms with Crippen molar-refractivity contribution in [2.75, 3.05) is 0 Å². The van der Waals surface area contributed by atoms with E-state index in [0.717, 1.165) is 12.5 Å². The molecule has 1 fully saturated rings. The lowest BCUT2D eigenvalue weighted by molar-refractivity contribution is 0.337. The molecular formula is C18H26N2. The first kappa shape index (κ1) is 13.7. The van der Waals surface area contributed by atoms with Crippen molar-refractivity contribution in [3.05, 3.63) is 36.0 Å². The molecule has 0 spiro atoms. The zero-order valence-corrected chi connectivity index (χ0v) is 12.5. The van der Waals surface area contributed by atoms with Crippen LogP contribution in [0.4, 0.5) is 0 Å². The van der Waals surface area contributed by atoms with Gasteiger partial charge in [0.15, 0.2) is 0 Å². The number of benzene rings is 1. The lowest BCUT2D eigenvalue weighted by Crippen LogP contribution is -2.32. The van der Waals surface area contributed by atoms with E-state index in [1.165, 1.54) is 55.0 Å². The zero-order valence-electron chi connectivity index (χ0n) is 12.5. The molecule has 0 unspecified atom stereocenters. The Morgan fingerprint density at radius 3 is 2.75 bits per heavy atom. The Balaban J connectivity index is 1.62. The van der Waals surface area contributed by atoms with Crippen LogP contribution < -0.4 is 5.32 Å². The van der Waals surface area contributed by atoms with E-state index in [9.17, 15) is 0 Å². The quantitative estimate of drug-likeness (QED) is 0.780. The first-order chi connectivity index (χ1) is 9.84. The van der Waals surface area contributed by atoms with Crippen molar-refractivity contribution >= 4 is 10.9 Å². The van der Waals surface area contributed by atoms with Crippen LogP contribution in [0.2, 0.25) is 0 Å². The van der Waals surface area contributed by atoms with Gasteiger partial charge in [-0.2, -0.15) is 0 Å². The monoisotopic (exact) mass is 270 g/mol. The number of hydrogen-bond donors (Lipinski definition) is 2. The molecule has 2 heteroatoms. The van der Waals surface area contributed by atoms with Crippen molar-refractivity contribution in [1.82, 2.24) is 10.3 Å². The minimum atomic E-state index is 0.627. The summed E-state index contributed by atoms with van der Waals surface area (Å²) in [6.45, 7) is 3.35. The molecule has 1 aromatic carbocycles. The van der Waals surface area contributed by atoms with E-state index in [1.807, 2.05) is 6.20 Å². The van der Waals surface area contributed by atoms with Crippen LogP contribution in [0.25, 0.3) is 10.9 Å². The summed E-state index contributed by atoms with van der Waals surface area (Å²) < 4.78 is 0. The van der Waals surface area contributed by atoms with E-state index in [4.69, 9.17) is 0 Å². The zero-order chi connectivity index (χ0) is 13.8. The second-order valence-corrected chi connectivity index (χ2v) is 6.28. The molecular weight excluding hydrogens is 244 g/mol. The summed E-state index contributed by atoms with van der Waals surface area (Å²) in [7, 11) is 0. The van der Waals surface area contributed by atoms with Crippen LogP contribution in [0.15, 0.2) is 30.5 Å². The first-order valence-corrected chi connectivity index (χ1v) is 8.13. The second-order valence-electron chi connectivity index (χ2n) is 6.28. The highest BCUT2D eigenvalue weighted by molar-refractivity contribution is 5.82. The largest absolute Gasteiger partial charge is 0.361 e. The standard InChI is InChI=1S/C18H26N2/c1-14(15-7-4-2-3-5-8-15)20-13-16-9-6-10-18-17(16)11-12-19-18/h6,9-12,14-15,19-20H,2-5,7-8,13H2,1H3/t14-/m0/s1. The maximum Gasteiger partial charge on any atom is 0.0457 e. The maximum absolute atomic E-state index is 3.76. The van der Waals surface area contributed by atoms with Crippen molar-refractivity contribution < 1.29 is 0 Å². The fraction of sp³-hybridized carbons (Fsp3) is 0.556. The van der Waals surface area contributed by atoms with Crippen LogP contribution in [-0.4, -0.2) is 11.0 Å². The van der Waals surface area contributed by atoms with Crippen LogP contribution in [0.5, 0.6) is 0 Å². The van der Waals surface area contributed by atoms with Crippen molar-refractivity contribution in [1.29, 1.82) is 0 Å². The molecule has 0 aliphatic heterocycles. The van der Waals surface area contributed by atoms with E-state index in [-0.39, 0.29) is 0 Å². The van der Waals surface area contributed by atoms with E-state index >= 15 is 0 Å². The van der Waals surface area contributed by atoms with Crippen molar-refractivity contribution in [2.24, 2.45) is 5.92 Å². The number of nitrogens with one attached hydrogen (secondary N) is 2. The van der Waals surface area contributed by atoms with Gasteiger partial charge in [-0.3, -0.25) is 0 Å². The first-order valence-electron chi connectivity index (χ1n) is 8.13. The summed E-state index contributed by atoms with van der Waals surface area (Å²) in [5, 5.41) is 5.12. The number of aromatic nitrogens is 1. The van der Waals surface area contributed by atoms with Gasteiger partial charge in [0.25, 0.3) is 0 Å². The highest BCUT2D eigenvalue weighted by Gasteiger charge is 2.18. The Kier molecular flexibility index (Phi) is 4.41. The highest BCUT2D eigenvalue weighted by atomic mass is 14.9. The van der Waals surface area contributed by atoms with Gasteiger partial charge in [0, 0.05) is 29.7 Å². The average molecular weight is 270 g/mol. The molecule has 1 aliphatic carbocycles. The van der Waals surface area contributed by atoms with E-state index in [1.54, 1.807) is 0 Å². The predicted molar refractivity (Wildman–Crippen MR) is 85.8 cm³/mol. The normalized spacial score (nSPS) is 19.1. The maximum atomic E-state index is 3.76. The molecule has 2 nitrogen and oxygen atoms in total. The minimum absolute atomic E-state index is 0.627. The fourth-order valence-electron chi connectivity index (χ4n) is 3.55. The molecule has 1 heterocycles. The molecule has 1 atom stereocenters. The van der Waals surface area contributed by atoms with Crippen molar-refractivity contribution in [2.45, 2.75) is 58.0 Å². The highest BCUT2D eigenvalue weighted by Crippen LogP contribution is 2.26. The third-order valence-corrected chi connectivity index (χ3v) is 4.91. The second kappa shape index (κ2) is 6.45. The van der Waals surface area contributed by atoms with Gasteiger partial charge >= 0.3 is 0 Å². The van der Waals surface area contributed by atoms with Crippen molar-refractivity contribution in [3.8, 4) is 0 Å². The van der Waals surface area contributed by atoms with Gasteiger partial charge in [-0.1, -0.05) is 37.8 Å². The van der Waals surface area contributed by atoms with Gasteiger partial charge in [0.05, 0.1) is 0 Å².